The van der Waals surface area contributed by atoms with Gasteiger partial charge in [0.15, 0.2) is 0 Å². The summed E-state index contributed by atoms with van der Waals surface area (Å²) in [7, 11) is 0. The summed E-state index contributed by atoms with van der Waals surface area (Å²) >= 11 is 0. The molecular weight excluding hydrogens is 793 g/mol. The van der Waals surface area contributed by atoms with E-state index in [4.69, 9.17) is 23.9 Å². The van der Waals surface area contributed by atoms with Crippen LogP contribution in [0.5, 0.6) is 0 Å². The highest BCUT2D eigenvalue weighted by Gasteiger charge is 2.51. The van der Waals surface area contributed by atoms with Gasteiger partial charge in [0.25, 0.3) is 0 Å². The molecule has 0 radical (unpaired) electrons. The molecule has 1 saturated carbocycles. The summed E-state index contributed by atoms with van der Waals surface area (Å²) in [5.74, 6) is 1.51. The predicted molar refractivity (Wildman–Crippen MR) is 227 cm³/mol. The van der Waals surface area contributed by atoms with Crippen LogP contribution in [0, 0.1) is 5.92 Å². The highest BCUT2D eigenvalue weighted by molar-refractivity contribution is 5.87. The molecule has 2 aromatic heterocycles. The molecule has 16 nitrogen and oxygen atoms in total. The van der Waals surface area contributed by atoms with Crippen LogP contribution in [-0.2, 0) is 28.5 Å². The van der Waals surface area contributed by atoms with Gasteiger partial charge >= 0.3 is 12.2 Å². The zero-order valence-electron chi connectivity index (χ0n) is 35.3. The minimum absolute atomic E-state index is 0.120. The van der Waals surface area contributed by atoms with E-state index in [1.165, 1.54) is 0 Å². The van der Waals surface area contributed by atoms with Crippen LogP contribution in [0.15, 0.2) is 60.9 Å². The number of likely N-dealkylation sites (tertiary alicyclic amines) is 2. The van der Waals surface area contributed by atoms with Crippen molar-refractivity contribution >= 4 is 24.0 Å². The van der Waals surface area contributed by atoms with Crippen molar-refractivity contribution < 1.29 is 38.1 Å². The van der Waals surface area contributed by atoms with Crippen LogP contribution in [0.2, 0.25) is 0 Å². The second-order valence-corrected chi connectivity index (χ2v) is 17.3. The van der Waals surface area contributed by atoms with Crippen LogP contribution in [0.4, 0.5) is 9.59 Å². The first-order valence-corrected chi connectivity index (χ1v) is 22.2. The van der Waals surface area contributed by atoms with E-state index in [1.54, 1.807) is 24.9 Å². The topological polar surface area (TPSA) is 193 Å². The number of carbonyl (C=O) groups is 4. The zero-order valence-corrected chi connectivity index (χ0v) is 35.3. The predicted octanol–water partition coefficient (Wildman–Crippen LogP) is 6.44. The summed E-state index contributed by atoms with van der Waals surface area (Å²) in [4.78, 5) is 72.7. The number of hydrogen-bond acceptors (Lipinski definition) is 10. The summed E-state index contributed by atoms with van der Waals surface area (Å²) < 4.78 is 21.8. The van der Waals surface area contributed by atoms with Gasteiger partial charge in [0, 0.05) is 38.3 Å². The van der Waals surface area contributed by atoms with Crippen LogP contribution < -0.4 is 10.6 Å². The lowest BCUT2D eigenvalue weighted by Gasteiger charge is -2.36. The molecule has 4 saturated heterocycles. The van der Waals surface area contributed by atoms with E-state index in [9.17, 15) is 19.2 Å². The van der Waals surface area contributed by atoms with Crippen molar-refractivity contribution in [3.05, 3.63) is 72.6 Å². The second-order valence-electron chi connectivity index (χ2n) is 17.3. The van der Waals surface area contributed by atoms with Crippen molar-refractivity contribution in [1.82, 2.24) is 40.4 Å². The van der Waals surface area contributed by atoms with Gasteiger partial charge in [-0.1, -0.05) is 48.5 Å². The van der Waals surface area contributed by atoms with Crippen LogP contribution in [-0.4, -0.2) is 117 Å². The molecule has 1 aliphatic carbocycles. The summed E-state index contributed by atoms with van der Waals surface area (Å²) in [6, 6.07) is 14.9. The fourth-order valence-corrected chi connectivity index (χ4v) is 9.85. The first-order valence-electron chi connectivity index (χ1n) is 22.2. The lowest BCUT2D eigenvalue weighted by Crippen LogP contribution is -2.51. The number of imidazole rings is 2. The summed E-state index contributed by atoms with van der Waals surface area (Å²) in [6.45, 7) is 6.26. The Morgan fingerprint density at radius 2 is 1.16 bits per heavy atom. The average Bonchev–Trinajstić information content (AvgIpc) is 4.16. The molecule has 4 N–H and O–H groups in total. The number of nitrogens with zero attached hydrogens (tertiary/aromatic N) is 4. The van der Waals surface area contributed by atoms with Crippen LogP contribution in [0.25, 0.3) is 33.6 Å². The van der Waals surface area contributed by atoms with Gasteiger partial charge in [-0.3, -0.25) is 9.59 Å². The van der Waals surface area contributed by atoms with E-state index < -0.39 is 24.3 Å². The van der Waals surface area contributed by atoms with Crippen molar-refractivity contribution in [2.75, 3.05) is 33.0 Å². The summed E-state index contributed by atoms with van der Waals surface area (Å²) in [5, 5.41) is 5.49. The third kappa shape index (κ3) is 8.93. The van der Waals surface area contributed by atoms with Gasteiger partial charge in [-0.15, -0.1) is 0 Å². The van der Waals surface area contributed by atoms with Gasteiger partial charge in [-0.2, -0.15) is 0 Å². The third-order valence-corrected chi connectivity index (χ3v) is 13.2. The van der Waals surface area contributed by atoms with Crippen LogP contribution in [0.1, 0.15) is 95.4 Å². The molecule has 2 bridgehead atoms. The maximum absolute atomic E-state index is 13.8. The molecule has 4 aromatic rings. The van der Waals surface area contributed by atoms with E-state index in [2.05, 4.69) is 74.1 Å². The second kappa shape index (κ2) is 18.3. The lowest BCUT2D eigenvalue weighted by atomic mass is 9.97. The Kier molecular flexibility index (Phi) is 12.3. The largest absolute Gasteiger partial charge is 0.446 e. The van der Waals surface area contributed by atoms with Crippen molar-refractivity contribution in [2.45, 2.75) is 114 Å². The maximum Gasteiger partial charge on any atom is 0.408 e. The molecule has 6 heterocycles. The number of carbonyl (C=O) groups excluding carboxylic acids is 4. The molecule has 328 valence electrons. The number of aromatic amines is 2. The Balaban J connectivity index is 0.805. The monoisotopic (exact) mass is 848 g/mol. The number of nitrogens with one attached hydrogen (secondary N) is 4. The van der Waals surface area contributed by atoms with Gasteiger partial charge in [0.05, 0.1) is 62.3 Å². The number of rotatable bonds is 11. The van der Waals surface area contributed by atoms with E-state index in [1.807, 2.05) is 11.1 Å². The molecule has 2 aromatic carbocycles. The Morgan fingerprint density at radius 3 is 1.73 bits per heavy atom. The minimum Gasteiger partial charge on any atom is -0.446 e. The molecule has 5 fully saturated rings. The Bertz CT molecular complexity index is 2210. The Hall–Kier alpha value is -5.74. The number of alkyl carbamates (subject to hydrolysis) is 2. The van der Waals surface area contributed by atoms with E-state index >= 15 is 0 Å². The normalized spacial score (nSPS) is 23.8. The van der Waals surface area contributed by atoms with Gasteiger partial charge < -0.3 is 49.3 Å². The summed E-state index contributed by atoms with van der Waals surface area (Å²) in [5.41, 5.74) is 5.82. The van der Waals surface area contributed by atoms with Crippen molar-refractivity contribution in [3.63, 3.8) is 0 Å². The molecule has 16 heteroatoms. The van der Waals surface area contributed by atoms with Crippen molar-refractivity contribution in [3.8, 4) is 33.6 Å². The molecule has 0 unspecified atom stereocenters. The number of hydrogen-bond donors (Lipinski definition) is 4. The summed E-state index contributed by atoms with van der Waals surface area (Å²) in [6.07, 6.45) is 9.26. The first kappa shape index (κ1) is 41.6. The molecule has 6 atom stereocenters. The van der Waals surface area contributed by atoms with E-state index in [-0.39, 0.29) is 42.1 Å². The van der Waals surface area contributed by atoms with Crippen LogP contribution in [0.3, 0.4) is 0 Å². The quantitative estimate of drug-likeness (QED) is 0.131. The maximum atomic E-state index is 13.8. The molecule has 62 heavy (non-hydrogen) atoms. The fourth-order valence-electron chi connectivity index (χ4n) is 9.85. The van der Waals surface area contributed by atoms with Gasteiger partial charge in [0.1, 0.15) is 35.9 Å². The lowest BCUT2D eigenvalue weighted by molar-refractivity contribution is -0.138. The fraction of sp³-hybridized carbons (Fsp3) is 0.522. The third-order valence-electron chi connectivity index (χ3n) is 13.2. The first-order chi connectivity index (χ1) is 30.2. The van der Waals surface area contributed by atoms with E-state index in [0.29, 0.717) is 64.6 Å². The zero-order chi connectivity index (χ0) is 42.7. The van der Waals surface area contributed by atoms with Gasteiger partial charge in [-0.05, 0) is 74.1 Å². The molecule has 5 aliphatic rings. The molecule has 0 spiro atoms. The molecule has 4 amide bonds. The Morgan fingerprint density at radius 1 is 0.661 bits per heavy atom. The molecular formula is C46H56N8O8. The molecule has 4 aliphatic heterocycles. The smallest absolute Gasteiger partial charge is 0.408 e. The van der Waals surface area contributed by atoms with Gasteiger partial charge in [-0.25, -0.2) is 19.6 Å². The van der Waals surface area contributed by atoms with Crippen molar-refractivity contribution in [2.24, 2.45) is 5.92 Å². The SMILES string of the molecule is C[C@H](NC(=O)OC1CCOCC1)C(=O)N1[C@H]2CC[C@@H](C2)[C@@H]1c1ncc(-c2ccc(-c3ccc(-c4cnc([C@@H]5CCCN5C(=O)[C@@H](C)NC(=O)OC5CCOCC5)[nH]4)cc3)cc2)[nH]1. The number of fused-ring (bicyclic) bond motifs is 2. The average molecular weight is 849 g/mol. The standard InChI is InChI=1S/C46H56N8O8/c1-27(49-45(57)61-35-15-20-59-21-16-35)43(55)53-19-3-4-39(53)41-47-25-37(51-41)31-9-5-29(6-10-31)30-7-11-32(12-8-30)38-26-48-42(52-38)40-33-13-14-34(24-33)54(40)44(56)28(2)50-46(58)62-36-17-22-60-23-18-36/h5-12,25-28,33-36,39-40H,3-4,13-24H2,1-2H3,(H,47,51)(H,48,52)(H,49,57)(H,50,58)/t27-,28+,33+,34+,39+,40-/m1/s1. The highest BCUT2D eigenvalue weighted by atomic mass is 16.6. The number of amides is 4. The molecule has 9 rings (SSSR count). The van der Waals surface area contributed by atoms with Crippen LogP contribution >= 0.6 is 0 Å². The van der Waals surface area contributed by atoms with Gasteiger partial charge in [0.2, 0.25) is 11.8 Å². The van der Waals surface area contributed by atoms with Crippen molar-refractivity contribution in [1.29, 1.82) is 0 Å². The highest BCUT2D eigenvalue weighted by Crippen LogP contribution is 2.50. The number of ether oxygens (including phenoxy) is 4. The number of H-pyrrole nitrogens is 2. The van der Waals surface area contributed by atoms with E-state index in [0.717, 1.165) is 77.4 Å². The minimum atomic E-state index is -0.730. The number of benzene rings is 2. The number of piperidine rings is 1. The Labute approximate surface area is 360 Å². The number of aromatic nitrogens is 4.